The predicted molar refractivity (Wildman–Crippen MR) is 61.2 cm³/mol. The van der Waals surface area contributed by atoms with Crippen LogP contribution in [-0.4, -0.2) is 14.6 Å². The van der Waals surface area contributed by atoms with Crippen LogP contribution in [0.1, 0.15) is 37.7 Å². The van der Waals surface area contributed by atoms with E-state index in [0.717, 1.165) is 11.3 Å². The molecule has 15 heavy (non-hydrogen) atoms. The van der Waals surface area contributed by atoms with Crippen molar-refractivity contribution in [1.82, 2.24) is 14.6 Å². The van der Waals surface area contributed by atoms with E-state index in [9.17, 15) is 0 Å². The van der Waals surface area contributed by atoms with Gasteiger partial charge in [0.1, 0.15) is 0 Å². The minimum atomic E-state index is 0.116. The molecule has 0 atom stereocenters. The lowest BCUT2D eigenvalue weighted by Gasteiger charge is -2.21. The molecule has 0 saturated heterocycles. The fourth-order valence-electron chi connectivity index (χ4n) is 1.90. The molecule has 0 radical (unpaired) electrons. The molecule has 0 aliphatic heterocycles. The van der Waals surface area contributed by atoms with Crippen LogP contribution in [-0.2, 0) is 5.41 Å². The van der Waals surface area contributed by atoms with Crippen LogP contribution < -0.4 is 0 Å². The smallest absolute Gasteiger partial charge is 0.155 e. The van der Waals surface area contributed by atoms with E-state index in [1.807, 2.05) is 23.7 Å². The Labute approximate surface area is 90.1 Å². The highest BCUT2D eigenvalue weighted by atomic mass is 15.3. The second-order valence-corrected chi connectivity index (χ2v) is 5.06. The summed E-state index contributed by atoms with van der Waals surface area (Å²) in [5, 5.41) is 4.44. The van der Waals surface area contributed by atoms with E-state index in [1.54, 1.807) is 0 Å². The standard InChI is InChI=1S/C12H17N3/c1-8-6-11-13-7-10(12(3,4)5)9(2)15(11)14-8/h6-7H,1-5H3. The van der Waals surface area contributed by atoms with Crippen LogP contribution in [0.15, 0.2) is 12.3 Å². The molecule has 3 heteroatoms. The van der Waals surface area contributed by atoms with Crippen molar-refractivity contribution in [3.63, 3.8) is 0 Å². The van der Waals surface area contributed by atoms with E-state index < -0.39 is 0 Å². The van der Waals surface area contributed by atoms with Crippen molar-refractivity contribution in [2.75, 3.05) is 0 Å². The van der Waals surface area contributed by atoms with Gasteiger partial charge in [0.05, 0.1) is 5.69 Å². The summed E-state index contributed by atoms with van der Waals surface area (Å²) in [6.07, 6.45) is 1.96. The summed E-state index contributed by atoms with van der Waals surface area (Å²) >= 11 is 0. The Morgan fingerprint density at radius 2 is 1.87 bits per heavy atom. The summed E-state index contributed by atoms with van der Waals surface area (Å²) in [6, 6.07) is 2.00. The molecule has 2 aromatic heterocycles. The quantitative estimate of drug-likeness (QED) is 0.659. The Bertz CT molecular complexity index is 503. The zero-order chi connectivity index (χ0) is 11.2. The molecule has 0 bridgehead atoms. The van der Waals surface area contributed by atoms with Crippen LogP contribution in [0, 0.1) is 13.8 Å². The van der Waals surface area contributed by atoms with Gasteiger partial charge in [0.2, 0.25) is 0 Å². The number of aryl methyl sites for hydroxylation is 2. The van der Waals surface area contributed by atoms with E-state index >= 15 is 0 Å². The molecule has 0 aromatic carbocycles. The molecule has 0 fully saturated rings. The molecule has 2 aromatic rings. The van der Waals surface area contributed by atoms with Crippen molar-refractivity contribution < 1.29 is 0 Å². The Kier molecular flexibility index (Phi) is 2.07. The number of rotatable bonds is 0. The van der Waals surface area contributed by atoms with E-state index in [-0.39, 0.29) is 5.41 Å². The number of aromatic nitrogens is 3. The Hall–Kier alpha value is -1.38. The SMILES string of the molecule is Cc1cc2ncc(C(C)(C)C)c(C)n2n1. The average molecular weight is 203 g/mol. The third-order valence-corrected chi connectivity index (χ3v) is 2.65. The van der Waals surface area contributed by atoms with Crippen molar-refractivity contribution in [2.24, 2.45) is 0 Å². The molecular weight excluding hydrogens is 186 g/mol. The topological polar surface area (TPSA) is 30.2 Å². The third-order valence-electron chi connectivity index (χ3n) is 2.65. The molecule has 80 valence electrons. The highest BCUT2D eigenvalue weighted by molar-refractivity contribution is 5.42. The lowest BCUT2D eigenvalue weighted by Crippen LogP contribution is -2.16. The van der Waals surface area contributed by atoms with Crippen LogP contribution in [0.5, 0.6) is 0 Å². The van der Waals surface area contributed by atoms with Crippen molar-refractivity contribution in [3.05, 3.63) is 29.2 Å². The van der Waals surface area contributed by atoms with E-state index in [1.165, 1.54) is 11.3 Å². The zero-order valence-electron chi connectivity index (χ0n) is 10.00. The summed E-state index contributed by atoms with van der Waals surface area (Å²) in [5.41, 5.74) is 4.49. The normalized spacial score (nSPS) is 12.3. The fraction of sp³-hybridized carbons (Fsp3) is 0.500. The van der Waals surface area contributed by atoms with Gasteiger partial charge in [0.25, 0.3) is 0 Å². The van der Waals surface area contributed by atoms with Crippen molar-refractivity contribution in [1.29, 1.82) is 0 Å². The monoisotopic (exact) mass is 203 g/mol. The number of nitrogens with zero attached hydrogens (tertiary/aromatic N) is 3. The Morgan fingerprint density at radius 3 is 2.47 bits per heavy atom. The van der Waals surface area contributed by atoms with Crippen molar-refractivity contribution in [2.45, 2.75) is 40.0 Å². The fourth-order valence-corrected chi connectivity index (χ4v) is 1.90. The molecule has 2 rings (SSSR count). The molecule has 0 amide bonds. The maximum absolute atomic E-state index is 4.44. The van der Waals surface area contributed by atoms with Gasteiger partial charge in [0, 0.05) is 18.0 Å². The molecule has 0 N–H and O–H groups in total. The van der Waals surface area contributed by atoms with Crippen LogP contribution in [0.2, 0.25) is 0 Å². The third kappa shape index (κ3) is 1.62. The van der Waals surface area contributed by atoms with Gasteiger partial charge in [-0.1, -0.05) is 20.8 Å². The molecular formula is C12H17N3. The highest BCUT2D eigenvalue weighted by Crippen LogP contribution is 2.25. The lowest BCUT2D eigenvalue weighted by molar-refractivity contribution is 0.574. The van der Waals surface area contributed by atoms with Crippen molar-refractivity contribution >= 4 is 5.65 Å². The summed E-state index contributed by atoms with van der Waals surface area (Å²) in [5.74, 6) is 0. The first-order chi connectivity index (χ1) is 6.89. The Balaban J connectivity index is 2.75. The zero-order valence-corrected chi connectivity index (χ0v) is 10.00. The second-order valence-electron chi connectivity index (χ2n) is 5.06. The molecule has 0 unspecified atom stereocenters. The first-order valence-electron chi connectivity index (χ1n) is 5.22. The van der Waals surface area contributed by atoms with Crippen molar-refractivity contribution in [3.8, 4) is 0 Å². The lowest BCUT2D eigenvalue weighted by atomic mass is 9.87. The van der Waals surface area contributed by atoms with Gasteiger partial charge in [0.15, 0.2) is 5.65 Å². The van der Waals surface area contributed by atoms with Gasteiger partial charge < -0.3 is 0 Å². The molecule has 2 heterocycles. The molecule has 0 aliphatic carbocycles. The summed E-state index contributed by atoms with van der Waals surface area (Å²) < 4.78 is 1.93. The summed E-state index contributed by atoms with van der Waals surface area (Å²) in [4.78, 5) is 4.43. The molecule has 0 spiro atoms. The summed E-state index contributed by atoms with van der Waals surface area (Å²) in [7, 11) is 0. The van der Waals surface area contributed by atoms with Gasteiger partial charge >= 0.3 is 0 Å². The van der Waals surface area contributed by atoms with Gasteiger partial charge in [-0.25, -0.2) is 9.50 Å². The second kappa shape index (κ2) is 3.05. The Morgan fingerprint density at radius 1 is 1.20 bits per heavy atom. The van der Waals surface area contributed by atoms with E-state index in [2.05, 4.69) is 37.8 Å². The average Bonchev–Trinajstić information content (AvgIpc) is 2.44. The minimum Gasteiger partial charge on any atom is -0.237 e. The molecule has 0 saturated carbocycles. The van der Waals surface area contributed by atoms with Gasteiger partial charge in [-0.15, -0.1) is 0 Å². The number of fused-ring (bicyclic) bond motifs is 1. The number of hydrogen-bond acceptors (Lipinski definition) is 2. The maximum atomic E-state index is 4.44. The minimum absolute atomic E-state index is 0.116. The predicted octanol–water partition coefficient (Wildman–Crippen LogP) is 2.64. The molecule has 3 nitrogen and oxygen atoms in total. The number of hydrogen-bond donors (Lipinski definition) is 0. The van der Waals surface area contributed by atoms with Crippen LogP contribution >= 0.6 is 0 Å². The molecule has 0 aliphatic rings. The van der Waals surface area contributed by atoms with Crippen LogP contribution in [0.3, 0.4) is 0 Å². The van der Waals surface area contributed by atoms with Gasteiger partial charge in [-0.3, -0.25) is 0 Å². The first-order valence-corrected chi connectivity index (χ1v) is 5.22. The maximum Gasteiger partial charge on any atom is 0.155 e. The van der Waals surface area contributed by atoms with Crippen LogP contribution in [0.4, 0.5) is 0 Å². The largest absolute Gasteiger partial charge is 0.237 e. The highest BCUT2D eigenvalue weighted by Gasteiger charge is 2.18. The first kappa shape index (κ1) is 10.1. The van der Waals surface area contributed by atoms with Gasteiger partial charge in [-0.2, -0.15) is 5.10 Å². The van der Waals surface area contributed by atoms with E-state index in [4.69, 9.17) is 0 Å². The van der Waals surface area contributed by atoms with Gasteiger partial charge in [-0.05, 0) is 24.8 Å². The van der Waals surface area contributed by atoms with Crippen LogP contribution in [0.25, 0.3) is 5.65 Å². The summed E-state index contributed by atoms with van der Waals surface area (Å²) in [6.45, 7) is 10.7. The van der Waals surface area contributed by atoms with E-state index in [0.29, 0.717) is 0 Å².